The maximum Gasteiger partial charge on any atom is 0.241 e. The molecule has 8 heteroatoms. The van der Waals surface area contributed by atoms with Crippen LogP contribution in [-0.2, 0) is 16.8 Å². The molecule has 1 aliphatic rings. The minimum Gasteiger partial charge on any atom is -0.490 e. The van der Waals surface area contributed by atoms with Gasteiger partial charge in [0.15, 0.2) is 0 Å². The Morgan fingerprint density at radius 3 is 2.54 bits per heavy atom. The molecule has 1 fully saturated rings. The first kappa shape index (κ1) is 25.2. The van der Waals surface area contributed by atoms with Crippen LogP contribution in [0, 0.1) is 5.92 Å². The first-order valence-corrected chi connectivity index (χ1v) is 12.5. The highest BCUT2D eigenvalue weighted by Crippen LogP contribution is 2.26. The summed E-state index contributed by atoms with van der Waals surface area (Å²) in [5.74, 6) is 1.91. The molecule has 3 aromatic rings. The Morgan fingerprint density at radius 2 is 1.86 bits per heavy atom. The van der Waals surface area contributed by atoms with Gasteiger partial charge in [0.2, 0.25) is 17.6 Å². The van der Waals surface area contributed by atoms with Crippen molar-refractivity contribution in [2.24, 2.45) is 5.92 Å². The fraction of sp³-hybridized carbons (Fsp3) is 0.444. The molecule has 0 unspecified atom stereocenters. The number of benzene rings is 2. The largest absolute Gasteiger partial charge is 0.490 e. The van der Waals surface area contributed by atoms with Crippen LogP contribution in [0.25, 0.3) is 11.4 Å². The second kappa shape index (κ2) is 11.2. The van der Waals surface area contributed by atoms with Gasteiger partial charge in [0.25, 0.3) is 0 Å². The molecule has 0 atom stereocenters. The number of halogens is 1. The number of nitrogens with one attached hydrogen (secondary N) is 1. The molecule has 0 spiro atoms. The second-order valence-electron chi connectivity index (χ2n) is 9.96. The Bertz CT molecular complexity index is 1120. The summed E-state index contributed by atoms with van der Waals surface area (Å²) in [6.45, 7) is 9.62. The van der Waals surface area contributed by atoms with Crippen LogP contribution in [0.15, 0.2) is 53.1 Å². The van der Waals surface area contributed by atoms with Crippen LogP contribution in [0.2, 0.25) is 5.02 Å². The van der Waals surface area contributed by atoms with Gasteiger partial charge >= 0.3 is 0 Å². The molecule has 2 aromatic carbocycles. The van der Waals surface area contributed by atoms with Gasteiger partial charge < -0.3 is 14.6 Å². The number of rotatable bonds is 8. The van der Waals surface area contributed by atoms with Gasteiger partial charge in [0, 0.05) is 11.5 Å². The highest BCUT2D eigenvalue weighted by molar-refractivity contribution is 6.32. The van der Waals surface area contributed by atoms with Crippen LogP contribution in [0.5, 0.6) is 5.75 Å². The Labute approximate surface area is 211 Å². The van der Waals surface area contributed by atoms with E-state index in [-0.39, 0.29) is 17.2 Å². The van der Waals surface area contributed by atoms with E-state index in [4.69, 9.17) is 20.9 Å². The third-order valence-corrected chi connectivity index (χ3v) is 6.60. The van der Waals surface area contributed by atoms with Gasteiger partial charge in [0.05, 0.1) is 18.1 Å². The van der Waals surface area contributed by atoms with Crippen molar-refractivity contribution < 1.29 is 14.1 Å². The average molecular weight is 497 g/mol. The summed E-state index contributed by atoms with van der Waals surface area (Å²) < 4.78 is 11.1. The quantitative estimate of drug-likeness (QED) is 0.437. The number of hydrogen-bond donors (Lipinski definition) is 1. The van der Waals surface area contributed by atoms with Gasteiger partial charge in [-0.15, -0.1) is 0 Å². The summed E-state index contributed by atoms with van der Waals surface area (Å²) in [7, 11) is 0. The molecule has 0 bridgehead atoms. The van der Waals surface area contributed by atoms with E-state index >= 15 is 0 Å². The van der Waals surface area contributed by atoms with E-state index in [2.05, 4.69) is 53.3 Å². The number of carbonyl (C=O) groups excluding carboxylic acids is 1. The standard InChI is InChI=1S/C27H33ClN4O3/c1-27(2,3)21-10-8-19(9-11-21)25-30-24(35-31-25)18-32-15-12-20(13-16-32)26(33)29-14-17-34-23-7-5-4-6-22(23)28/h4-11,20H,12-18H2,1-3H3,(H,29,33). The normalized spacial score (nSPS) is 15.2. The van der Waals surface area contributed by atoms with Gasteiger partial charge in [-0.05, 0) is 49.0 Å². The number of carbonyl (C=O) groups is 1. The third kappa shape index (κ3) is 6.83. The topological polar surface area (TPSA) is 80.5 Å². The van der Waals surface area contributed by atoms with E-state index in [0.29, 0.717) is 42.2 Å². The Morgan fingerprint density at radius 1 is 1.14 bits per heavy atom. The first-order valence-electron chi connectivity index (χ1n) is 12.1. The summed E-state index contributed by atoms with van der Waals surface area (Å²) in [5.41, 5.74) is 2.32. The van der Waals surface area contributed by atoms with Gasteiger partial charge in [-0.3, -0.25) is 9.69 Å². The van der Waals surface area contributed by atoms with Crippen molar-refractivity contribution in [3.8, 4) is 17.1 Å². The molecule has 4 rings (SSSR count). The number of likely N-dealkylation sites (tertiary alicyclic amines) is 1. The minimum atomic E-state index is 0.00569. The van der Waals surface area contributed by atoms with E-state index in [1.54, 1.807) is 6.07 Å². The number of para-hydroxylation sites is 1. The summed E-state index contributed by atoms with van der Waals surface area (Å²) in [4.78, 5) is 19.4. The number of nitrogens with zero attached hydrogens (tertiary/aromatic N) is 3. The molecule has 1 N–H and O–H groups in total. The zero-order valence-electron chi connectivity index (χ0n) is 20.6. The molecule has 0 radical (unpaired) electrons. The Balaban J connectivity index is 1.19. The maximum atomic E-state index is 12.5. The number of piperidine rings is 1. The second-order valence-corrected chi connectivity index (χ2v) is 10.4. The Hall–Kier alpha value is -2.90. The van der Waals surface area contributed by atoms with Crippen LogP contribution in [0.3, 0.4) is 0 Å². The van der Waals surface area contributed by atoms with E-state index < -0.39 is 0 Å². The zero-order chi connectivity index (χ0) is 24.8. The average Bonchev–Trinajstić information content (AvgIpc) is 3.31. The molecule has 186 valence electrons. The van der Waals surface area contributed by atoms with Crippen molar-refractivity contribution in [2.75, 3.05) is 26.2 Å². The number of ether oxygens (including phenoxy) is 1. The van der Waals surface area contributed by atoms with Crippen LogP contribution in [0.4, 0.5) is 0 Å². The molecule has 2 heterocycles. The monoisotopic (exact) mass is 496 g/mol. The lowest BCUT2D eigenvalue weighted by molar-refractivity contribution is -0.126. The summed E-state index contributed by atoms with van der Waals surface area (Å²) in [6, 6.07) is 15.6. The predicted molar refractivity (Wildman–Crippen MR) is 136 cm³/mol. The van der Waals surface area contributed by atoms with Gasteiger partial charge in [-0.2, -0.15) is 4.98 Å². The summed E-state index contributed by atoms with van der Waals surface area (Å²) >= 11 is 6.08. The zero-order valence-corrected chi connectivity index (χ0v) is 21.3. The lowest BCUT2D eigenvalue weighted by Crippen LogP contribution is -2.41. The van der Waals surface area contributed by atoms with Gasteiger partial charge in [0.1, 0.15) is 12.4 Å². The molecule has 1 aliphatic heterocycles. The number of amides is 1. The number of hydrogen-bond acceptors (Lipinski definition) is 6. The third-order valence-electron chi connectivity index (χ3n) is 6.29. The number of aromatic nitrogens is 2. The van der Waals surface area contributed by atoms with Crippen LogP contribution in [-0.4, -0.2) is 47.2 Å². The highest BCUT2D eigenvalue weighted by Gasteiger charge is 2.26. The predicted octanol–water partition coefficient (Wildman–Crippen LogP) is 5.09. The molecule has 0 saturated carbocycles. The highest BCUT2D eigenvalue weighted by atomic mass is 35.5. The van der Waals surface area contributed by atoms with Crippen molar-refractivity contribution in [1.29, 1.82) is 0 Å². The van der Waals surface area contributed by atoms with E-state index in [9.17, 15) is 4.79 Å². The van der Waals surface area contributed by atoms with Gasteiger partial charge in [-0.1, -0.05) is 73.9 Å². The molecule has 35 heavy (non-hydrogen) atoms. The summed E-state index contributed by atoms with van der Waals surface area (Å²) in [5, 5.41) is 7.70. The Kier molecular flexibility index (Phi) is 8.08. The van der Waals surface area contributed by atoms with E-state index in [1.165, 1.54) is 5.56 Å². The molecule has 1 saturated heterocycles. The van der Waals surface area contributed by atoms with Crippen LogP contribution >= 0.6 is 11.6 Å². The molecule has 7 nitrogen and oxygen atoms in total. The molecule has 1 amide bonds. The SMILES string of the molecule is CC(C)(C)c1ccc(-c2noc(CN3CCC(C(=O)NCCOc4ccccc4Cl)CC3)n2)cc1. The molecular weight excluding hydrogens is 464 g/mol. The van der Waals surface area contributed by atoms with Crippen molar-refractivity contribution in [2.45, 2.75) is 45.6 Å². The lowest BCUT2D eigenvalue weighted by atomic mass is 9.87. The summed E-state index contributed by atoms with van der Waals surface area (Å²) in [6.07, 6.45) is 1.60. The molecular formula is C27H33ClN4O3. The first-order chi connectivity index (χ1) is 16.8. The van der Waals surface area contributed by atoms with Crippen molar-refractivity contribution in [3.63, 3.8) is 0 Å². The fourth-order valence-electron chi connectivity index (χ4n) is 4.14. The van der Waals surface area contributed by atoms with Crippen molar-refractivity contribution in [1.82, 2.24) is 20.4 Å². The molecule has 1 aromatic heterocycles. The van der Waals surface area contributed by atoms with Crippen molar-refractivity contribution >= 4 is 17.5 Å². The van der Waals surface area contributed by atoms with E-state index in [1.807, 2.05) is 30.3 Å². The van der Waals surface area contributed by atoms with Gasteiger partial charge in [-0.25, -0.2) is 0 Å². The van der Waals surface area contributed by atoms with Crippen LogP contribution in [0.1, 0.15) is 45.1 Å². The van der Waals surface area contributed by atoms with Crippen LogP contribution < -0.4 is 10.1 Å². The smallest absolute Gasteiger partial charge is 0.241 e. The van der Waals surface area contributed by atoms with Crippen molar-refractivity contribution in [3.05, 3.63) is 65.0 Å². The van der Waals surface area contributed by atoms with E-state index in [0.717, 1.165) is 31.5 Å². The minimum absolute atomic E-state index is 0.00569. The molecule has 0 aliphatic carbocycles. The maximum absolute atomic E-state index is 12.5. The lowest BCUT2D eigenvalue weighted by Gasteiger charge is -2.30. The fourth-order valence-corrected chi connectivity index (χ4v) is 4.33.